The lowest BCUT2D eigenvalue weighted by Gasteiger charge is -2.19. The molecule has 2 N–H and O–H groups in total. The summed E-state index contributed by atoms with van der Waals surface area (Å²) >= 11 is 3.55. The van der Waals surface area contributed by atoms with E-state index >= 15 is 0 Å². The first-order chi connectivity index (χ1) is 9.74. The number of aryl methyl sites for hydroxylation is 1. The molecule has 0 amide bonds. The number of ether oxygens (including phenoxy) is 2. The third-order valence-electron chi connectivity index (χ3n) is 3.80. The smallest absolute Gasteiger partial charge is 0.164 e. The van der Waals surface area contributed by atoms with E-state index in [0.717, 1.165) is 54.6 Å². The molecule has 0 saturated heterocycles. The van der Waals surface area contributed by atoms with Gasteiger partial charge in [-0.3, -0.25) is 0 Å². The third-order valence-corrected chi connectivity index (χ3v) is 4.26. The second kappa shape index (κ2) is 7.89. The predicted molar refractivity (Wildman–Crippen MR) is 85.6 cm³/mol. The van der Waals surface area contributed by atoms with Gasteiger partial charge in [-0.05, 0) is 69.2 Å². The maximum absolute atomic E-state index is 6.24. The molecule has 3 nitrogen and oxygen atoms in total. The summed E-state index contributed by atoms with van der Waals surface area (Å²) in [6.07, 6.45) is 8.29. The number of methoxy groups -OCH3 is 1. The molecule has 1 fully saturated rings. The third kappa shape index (κ3) is 4.13. The van der Waals surface area contributed by atoms with Crippen molar-refractivity contribution in [3.05, 3.63) is 22.2 Å². The van der Waals surface area contributed by atoms with Crippen molar-refractivity contribution < 1.29 is 9.47 Å². The molecule has 0 bridgehead atoms. The zero-order valence-electron chi connectivity index (χ0n) is 12.2. The van der Waals surface area contributed by atoms with Crippen molar-refractivity contribution in [3.63, 3.8) is 0 Å². The van der Waals surface area contributed by atoms with E-state index in [1.807, 2.05) is 6.07 Å². The second-order valence-electron chi connectivity index (χ2n) is 5.37. The van der Waals surface area contributed by atoms with Crippen LogP contribution >= 0.6 is 15.9 Å². The number of benzene rings is 1. The summed E-state index contributed by atoms with van der Waals surface area (Å²) in [6, 6.07) is 4.13. The summed E-state index contributed by atoms with van der Waals surface area (Å²) in [6.45, 7) is 0.740. The van der Waals surface area contributed by atoms with Gasteiger partial charge in [-0.2, -0.15) is 0 Å². The molecule has 1 aliphatic rings. The maximum Gasteiger partial charge on any atom is 0.164 e. The Balaban J connectivity index is 2.19. The lowest BCUT2D eigenvalue weighted by atomic mass is 10.1. The molecule has 0 atom stereocenters. The highest BCUT2D eigenvalue weighted by atomic mass is 79.9. The molecule has 0 aromatic heterocycles. The van der Waals surface area contributed by atoms with Crippen LogP contribution in [0.4, 0.5) is 0 Å². The van der Waals surface area contributed by atoms with Crippen LogP contribution in [0.1, 0.15) is 44.1 Å². The quantitative estimate of drug-likeness (QED) is 0.760. The summed E-state index contributed by atoms with van der Waals surface area (Å²) in [4.78, 5) is 0. The van der Waals surface area contributed by atoms with Crippen LogP contribution < -0.4 is 15.2 Å². The summed E-state index contributed by atoms with van der Waals surface area (Å²) in [7, 11) is 1.70. The van der Waals surface area contributed by atoms with Crippen molar-refractivity contribution in [3.8, 4) is 11.5 Å². The lowest BCUT2D eigenvalue weighted by molar-refractivity contribution is 0.198. The molecule has 2 rings (SSSR count). The number of hydrogen-bond donors (Lipinski definition) is 1. The van der Waals surface area contributed by atoms with Gasteiger partial charge in [0.1, 0.15) is 0 Å². The number of hydrogen-bond acceptors (Lipinski definition) is 3. The molecule has 0 unspecified atom stereocenters. The summed E-state index contributed by atoms with van der Waals surface area (Å²) < 4.78 is 12.8. The number of rotatable bonds is 7. The number of unbranched alkanes of at least 4 members (excludes halogenated alkanes) is 1. The predicted octanol–water partition coefficient (Wildman–Crippen LogP) is 4.06. The van der Waals surface area contributed by atoms with Gasteiger partial charge in [-0.1, -0.05) is 15.9 Å². The van der Waals surface area contributed by atoms with Crippen LogP contribution in [0.2, 0.25) is 0 Å². The van der Waals surface area contributed by atoms with Gasteiger partial charge in [0.05, 0.1) is 13.2 Å². The van der Waals surface area contributed by atoms with E-state index in [0.29, 0.717) is 6.10 Å². The minimum absolute atomic E-state index is 0.346. The molecule has 1 aromatic carbocycles. The molecule has 20 heavy (non-hydrogen) atoms. The Morgan fingerprint density at radius 2 is 2.00 bits per heavy atom. The van der Waals surface area contributed by atoms with Crippen LogP contribution in [0.25, 0.3) is 0 Å². The Kier molecular flexibility index (Phi) is 6.17. The van der Waals surface area contributed by atoms with Crippen LogP contribution in [0.3, 0.4) is 0 Å². The lowest BCUT2D eigenvalue weighted by Crippen LogP contribution is -2.13. The maximum atomic E-state index is 6.24. The van der Waals surface area contributed by atoms with E-state index < -0.39 is 0 Å². The molecule has 1 saturated carbocycles. The molecule has 0 aliphatic heterocycles. The van der Waals surface area contributed by atoms with E-state index in [-0.39, 0.29) is 0 Å². The molecular weight excluding hydrogens is 318 g/mol. The second-order valence-corrected chi connectivity index (χ2v) is 6.28. The van der Waals surface area contributed by atoms with Crippen molar-refractivity contribution in [1.29, 1.82) is 0 Å². The summed E-state index contributed by atoms with van der Waals surface area (Å²) in [5.74, 6) is 1.76. The van der Waals surface area contributed by atoms with Crippen molar-refractivity contribution in [2.75, 3.05) is 13.7 Å². The van der Waals surface area contributed by atoms with Gasteiger partial charge in [0, 0.05) is 4.47 Å². The molecule has 1 aromatic rings. The fourth-order valence-electron chi connectivity index (χ4n) is 2.73. The Labute approximate surface area is 130 Å². The van der Waals surface area contributed by atoms with Gasteiger partial charge >= 0.3 is 0 Å². The summed E-state index contributed by atoms with van der Waals surface area (Å²) in [5.41, 5.74) is 6.80. The van der Waals surface area contributed by atoms with Crippen molar-refractivity contribution in [1.82, 2.24) is 0 Å². The first-order valence-corrected chi connectivity index (χ1v) is 8.27. The fourth-order valence-corrected chi connectivity index (χ4v) is 3.21. The van der Waals surface area contributed by atoms with Gasteiger partial charge in [0.15, 0.2) is 11.5 Å². The van der Waals surface area contributed by atoms with Crippen molar-refractivity contribution in [2.24, 2.45) is 5.73 Å². The Hall–Kier alpha value is -0.740. The zero-order chi connectivity index (χ0) is 14.4. The normalized spacial score (nSPS) is 15.6. The van der Waals surface area contributed by atoms with Gasteiger partial charge < -0.3 is 15.2 Å². The average molecular weight is 342 g/mol. The molecule has 0 radical (unpaired) electrons. The van der Waals surface area contributed by atoms with Crippen LogP contribution in [0.5, 0.6) is 11.5 Å². The van der Waals surface area contributed by atoms with Gasteiger partial charge in [-0.25, -0.2) is 0 Å². The van der Waals surface area contributed by atoms with Gasteiger partial charge in [0.25, 0.3) is 0 Å². The standard InChI is InChI=1S/C16H24BrNO2/c1-19-15-11-13(17)10-12(6-4-5-9-18)16(15)20-14-7-2-3-8-14/h10-11,14H,2-9,18H2,1H3. The number of halogens is 1. The van der Waals surface area contributed by atoms with Crippen LogP contribution in [0, 0.1) is 0 Å². The van der Waals surface area contributed by atoms with E-state index in [4.69, 9.17) is 15.2 Å². The van der Waals surface area contributed by atoms with Gasteiger partial charge in [0.2, 0.25) is 0 Å². The van der Waals surface area contributed by atoms with E-state index in [1.165, 1.54) is 18.4 Å². The highest BCUT2D eigenvalue weighted by Gasteiger charge is 2.21. The monoisotopic (exact) mass is 341 g/mol. The van der Waals surface area contributed by atoms with Crippen molar-refractivity contribution >= 4 is 15.9 Å². The molecular formula is C16H24BrNO2. The van der Waals surface area contributed by atoms with E-state index in [2.05, 4.69) is 22.0 Å². The first kappa shape index (κ1) is 15.6. The zero-order valence-corrected chi connectivity index (χ0v) is 13.7. The molecule has 0 spiro atoms. The van der Waals surface area contributed by atoms with Crippen LogP contribution in [-0.4, -0.2) is 19.8 Å². The van der Waals surface area contributed by atoms with Crippen LogP contribution in [0.15, 0.2) is 16.6 Å². The van der Waals surface area contributed by atoms with Crippen molar-refractivity contribution in [2.45, 2.75) is 51.0 Å². The average Bonchev–Trinajstić information content (AvgIpc) is 2.94. The molecule has 4 heteroatoms. The Morgan fingerprint density at radius 3 is 2.65 bits per heavy atom. The molecule has 0 heterocycles. The minimum Gasteiger partial charge on any atom is -0.493 e. The first-order valence-electron chi connectivity index (χ1n) is 7.47. The van der Waals surface area contributed by atoms with E-state index in [1.54, 1.807) is 7.11 Å². The number of nitrogens with two attached hydrogens (primary N) is 1. The topological polar surface area (TPSA) is 44.5 Å². The highest BCUT2D eigenvalue weighted by molar-refractivity contribution is 9.10. The fraction of sp³-hybridized carbons (Fsp3) is 0.625. The van der Waals surface area contributed by atoms with E-state index in [9.17, 15) is 0 Å². The SMILES string of the molecule is COc1cc(Br)cc(CCCCN)c1OC1CCCC1. The molecule has 112 valence electrons. The molecule has 1 aliphatic carbocycles. The van der Waals surface area contributed by atoms with Gasteiger partial charge in [-0.15, -0.1) is 0 Å². The largest absolute Gasteiger partial charge is 0.493 e. The van der Waals surface area contributed by atoms with Crippen LogP contribution in [-0.2, 0) is 6.42 Å². The highest BCUT2D eigenvalue weighted by Crippen LogP contribution is 2.38. The Bertz CT molecular complexity index is 431. The minimum atomic E-state index is 0.346. The summed E-state index contributed by atoms with van der Waals surface area (Å²) in [5, 5.41) is 0. The Morgan fingerprint density at radius 1 is 1.25 bits per heavy atom.